The summed E-state index contributed by atoms with van der Waals surface area (Å²) in [5, 5.41) is 0. The van der Waals surface area contributed by atoms with Crippen molar-refractivity contribution in [3.8, 4) is 0 Å². The van der Waals surface area contributed by atoms with Crippen LogP contribution in [0.5, 0.6) is 0 Å². The molecule has 0 bridgehead atoms. The van der Waals surface area contributed by atoms with Crippen molar-refractivity contribution in [2.75, 3.05) is 0 Å². The largest absolute Gasteiger partial charge is 0.193 e. The molecule has 3 rings (SSSR count). The molecule has 21 heavy (non-hydrogen) atoms. The fourth-order valence-corrected chi connectivity index (χ4v) is 2.63. The van der Waals surface area contributed by atoms with Crippen molar-refractivity contribution < 1.29 is 0 Å². The lowest BCUT2D eigenvalue weighted by molar-refractivity contribution is 0.938. The Balaban J connectivity index is 2.12. The first-order valence-corrected chi connectivity index (χ1v) is 7.26. The Morgan fingerprint density at radius 2 is 1.71 bits per heavy atom. The van der Waals surface area contributed by atoms with E-state index in [9.17, 15) is 0 Å². The monoisotopic (exact) mass is 269 g/mol. The zero-order valence-electron chi connectivity index (χ0n) is 12.3. The summed E-state index contributed by atoms with van der Waals surface area (Å²) >= 11 is 0. The van der Waals surface area contributed by atoms with Gasteiger partial charge in [-0.1, -0.05) is 91.7 Å². The van der Waals surface area contributed by atoms with E-state index in [0.717, 1.165) is 11.1 Å². The lowest BCUT2D eigenvalue weighted by atomic mass is 9.64. The first kappa shape index (κ1) is 13.7. The number of benzene rings is 1. The molecule has 1 atom stereocenters. The third kappa shape index (κ3) is 2.78. The SMILES string of the molecule is C=C1C=C[C@@H](C)/C=C\C(=C)C2=C(/C=C\1)c1ccccc1[B]2. The van der Waals surface area contributed by atoms with E-state index >= 15 is 0 Å². The second-order valence-corrected chi connectivity index (χ2v) is 5.57. The molecule has 1 aromatic carbocycles. The van der Waals surface area contributed by atoms with Crippen LogP contribution in [0.1, 0.15) is 12.5 Å². The zero-order chi connectivity index (χ0) is 14.8. The molecule has 0 nitrogen and oxygen atoms in total. The summed E-state index contributed by atoms with van der Waals surface area (Å²) in [7, 11) is 2.22. The molecule has 1 aliphatic heterocycles. The van der Waals surface area contributed by atoms with Crippen LogP contribution in [0, 0.1) is 5.92 Å². The Bertz CT molecular complexity index is 726. The second kappa shape index (κ2) is 5.61. The molecule has 0 amide bonds. The van der Waals surface area contributed by atoms with Crippen molar-refractivity contribution >= 4 is 18.3 Å². The Morgan fingerprint density at radius 3 is 2.57 bits per heavy atom. The minimum absolute atomic E-state index is 0.373. The van der Waals surface area contributed by atoms with Gasteiger partial charge in [0.15, 0.2) is 7.28 Å². The maximum atomic E-state index is 4.24. The van der Waals surface area contributed by atoms with Gasteiger partial charge in [-0.05, 0) is 28.2 Å². The Kier molecular flexibility index (Phi) is 3.66. The van der Waals surface area contributed by atoms with Gasteiger partial charge in [0.2, 0.25) is 0 Å². The molecule has 1 heteroatoms. The van der Waals surface area contributed by atoms with E-state index in [0.29, 0.717) is 5.92 Å². The molecule has 2 aliphatic rings. The van der Waals surface area contributed by atoms with Crippen LogP contribution in [-0.2, 0) is 0 Å². The molecule has 0 fully saturated rings. The average Bonchev–Trinajstić information content (AvgIpc) is 2.86. The van der Waals surface area contributed by atoms with Crippen LogP contribution < -0.4 is 5.46 Å². The molecule has 0 aromatic heterocycles. The van der Waals surface area contributed by atoms with Gasteiger partial charge in [0.25, 0.3) is 0 Å². The smallest absolute Gasteiger partial charge is 0.0923 e. The third-order valence-corrected chi connectivity index (χ3v) is 3.87. The van der Waals surface area contributed by atoms with Crippen LogP contribution in [0.2, 0.25) is 0 Å². The maximum absolute atomic E-state index is 4.24. The minimum Gasteiger partial charge on any atom is -0.0923 e. The van der Waals surface area contributed by atoms with E-state index in [4.69, 9.17) is 0 Å². The fraction of sp³-hybridized carbons (Fsp3) is 0.100. The summed E-state index contributed by atoms with van der Waals surface area (Å²) in [6, 6.07) is 8.47. The van der Waals surface area contributed by atoms with Gasteiger partial charge in [-0.3, -0.25) is 0 Å². The topological polar surface area (TPSA) is 0 Å². The van der Waals surface area contributed by atoms with Gasteiger partial charge < -0.3 is 0 Å². The highest BCUT2D eigenvalue weighted by Crippen LogP contribution is 2.29. The molecule has 1 radical (unpaired) electrons. The van der Waals surface area contributed by atoms with E-state index in [1.54, 1.807) is 0 Å². The van der Waals surface area contributed by atoms with Crippen molar-refractivity contribution in [3.05, 3.63) is 96.1 Å². The molecule has 0 unspecified atom stereocenters. The predicted octanol–water partition coefficient (Wildman–Crippen LogP) is 4.17. The van der Waals surface area contributed by atoms with Gasteiger partial charge in [0, 0.05) is 0 Å². The fourth-order valence-electron chi connectivity index (χ4n) is 2.63. The summed E-state index contributed by atoms with van der Waals surface area (Å²) < 4.78 is 0. The van der Waals surface area contributed by atoms with Gasteiger partial charge in [-0.2, -0.15) is 0 Å². The highest BCUT2D eigenvalue weighted by atomic mass is 14.1. The van der Waals surface area contributed by atoms with Crippen molar-refractivity contribution in [1.82, 2.24) is 0 Å². The molecule has 0 N–H and O–H groups in total. The molecule has 1 aliphatic carbocycles. The average molecular weight is 269 g/mol. The Labute approximate surface area is 127 Å². The van der Waals surface area contributed by atoms with E-state index in [1.807, 2.05) is 0 Å². The van der Waals surface area contributed by atoms with Crippen LogP contribution in [0.25, 0.3) is 5.57 Å². The van der Waals surface area contributed by atoms with Gasteiger partial charge in [0.05, 0.1) is 0 Å². The highest BCUT2D eigenvalue weighted by Gasteiger charge is 2.21. The first-order valence-electron chi connectivity index (χ1n) is 7.26. The Hall–Kier alpha value is -2.28. The molecule has 0 saturated carbocycles. The lowest BCUT2D eigenvalue weighted by Crippen LogP contribution is -2.13. The number of rotatable bonds is 0. The van der Waals surface area contributed by atoms with Crippen molar-refractivity contribution in [2.24, 2.45) is 5.92 Å². The van der Waals surface area contributed by atoms with Crippen molar-refractivity contribution in [2.45, 2.75) is 6.92 Å². The summed E-state index contributed by atoms with van der Waals surface area (Å²) in [4.78, 5) is 0. The van der Waals surface area contributed by atoms with E-state index in [-0.39, 0.29) is 0 Å². The third-order valence-electron chi connectivity index (χ3n) is 3.87. The molecular formula is C20H18B. The molecular weight excluding hydrogens is 251 g/mol. The van der Waals surface area contributed by atoms with Crippen LogP contribution >= 0.6 is 0 Å². The van der Waals surface area contributed by atoms with Gasteiger partial charge >= 0.3 is 0 Å². The molecule has 1 aromatic rings. The van der Waals surface area contributed by atoms with Gasteiger partial charge in [-0.15, -0.1) is 0 Å². The lowest BCUT2D eigenvalue weighted by Gasteiger charge is -2.05. The zero-order valence-corrected chi connectivity index (χ0v) is 12.3. The van der Waals surface area contributed by atoms with Crippen LogP contribution in [0.15, 0.2) is 90.5 Å². The van der Waals surface area contributed by atoms with E-state index < -0.39 is 0 Å². The summed E-state index contributed by atoms with van der Waals surface area (Å²) in [5.41, 5.74) is 7.02. The van der Waals surface area contributed by atoms with Crippen LogP contribution in [-0.4, -0.2) is 7.28 Å². The molecule has 101 valence electrons. The minimum atomic E-state index is 0.373. The molecule has 0 spiro atoms. The number of fused-ring (bicyclic) bond motifs is 2. The Morgan fingerprint density at radius 1 is 0.952 bits per heavy atom. The van der Waals surface area contributed by atoms with E-state index in [2.05, 4.69) is 88.1 Å². The van der Waals surface area contributed by atoms with E-state index in [1.165, 1.54) is 22.1 Å². The van der Waals surface area contributed by atoms with Crippen molar-refractivity contribution in [1.29, 1.82) is 0 Å². The standard InChI is InChI=1S/C20H18B/c1-14-8-9-15(2)11-13-18-17-6-4-5-7-19(17)21-20(18)16(3)12-10-14/h4-14H,2-3H2,1H3/b9-8?,12-10-,13-11-/t14-/m1/s1. The second-order valence-electron chi connectivity index (χ2n) is 5.57. The highest BCUT2D eigenvalue weighted by molar-refractivity contribution is 6.67. The number of hydrogen-bond acceptors (Lipinski definition) is 0. The van der Waals surface area contributed by atoms with Crippen molar-refractivity contribution in [3.63, 3.8) is 0 Å². The normalized spacial score (nSPS) is 24.0. The maximum Gasteiger partial charge on any atom is 0.193 e. The summed E-state index contributed by atoms with van der Waals surface area (Å²) in [6.07, 6.45) is 12.8. The molecule has 0 saturated heterocycles. The first-order chi connectivity index (χ1) is 10.1. The summed E-state index contributed by atoms with van der Waals surface area (Å²) in [6.45, 7) is 10.5. The number of hydrogen-bond donors (Lipinski definition) is 0. The predicted molar refractivity (Wildman–Crippen MR) is 93.6 cm³/mol. The van der Waals surface area contributed by atoms with Crippen LogP contribution in [0.4, 0.5) is 0 Å². The molecule has 1 heterocycles. The quantitative estimate of drug-likeness (QED) is 0.620. The summed E-state index contributed by atoms with van der Waals surface area (Å²) in [5.74, 6) is 0.373. The van der Waals surface area contributed by atoms with Gasteiger partial charge in [-0.25, -0.2) is 0 Å². The van der Waals surface area contributed by atoms with Crippen LogP contribution in [0.3, 0.4) is 0 Å². The van der Waals surface area contributed by atoms with Gasteiger partial charge in [0.1, 0.15) is 0 Å². The number of allylic oxidation sites excluding steroid dienone is 10.